The molecular weight excluding hydrogens is 771 g/mol. The van der Waals surface area contributed by atoms with Gasteiger partial charge in [0.25, 0.3) is 0 Å². The van der Waals surface area contributed by atoms with Crippen LogP contribution in [-0.2, 0) is 32.9 Å². The van der Waals surface area contributed by atoms with E-state index < -0.39 is 8.07 Å². The number of fused-ring (bicyclic) bond motifs is 3. The van der Waals surface area contributed by atoms with Gasteiger partial charge in [-0.1, -0.05) is 88.5 Å². The number of nitrogens with zero attached hydrogens (tertiary/aromatic N) is 3. The van der Waals surface area contributed by atoms with Gasteiger partial charge in [0, 0.05) is 55.3 Å². The Balaban J connectivity index is 0.000000216. The van der Waals surface area contributed by atoms with Gasteiger partial charge in [0.15, 0.2) is 0 Å². The van der Waals surface area contributed by atoms with Crippen LogP contribution in [0.4, 0.5) is 0 Å². The predicted octanol–water partition coefficient (Wildman–Crippen LogP) is 10.3. The van der Waals surface area contributed by atoms with Crippen molar-refractivity contribution in [1.29, 1.82) is 0 Å². The van der Waals surface area contributed by atoms with E-state index in [0.29, 0.717) is 5.92 Å². The molecule has 4 nitrogen and oxygen atoms in total. The fourth-order valence-corrected chi connectivity index (χ4v) is 7.69. The number of hydrogen-bond donors (Lipinski definition) is 0. The second-order valence-corrected chi connectivity index (χ2v) is 20.1. The van der Waals surface area contributed by atoms with Crippen molar-refractivity contribution >= 4 is 35.2 Å². The molecule has 6 rings (SSSR count). The zero-order valence-electron chi connectivity index (χ0n) is 29.5. The van der Waals surface area contributed by atoms with Crippen LogP contribution >= 0.6 is 0 Å². The Hall–Kier alpha value is -3.44. The van der Waals surface area contributed by atoms with E-state index in [2.05, 4.69) is 112 Å². The van der Waals surface area contributed by atoms with Crippen LogP contribution in [0, 0.1) is 37.3 Å². The van der Waals surface area contributed by atoms with Crippen LogP contribution in [0.3, 0.4) is 0 Å². The third-order valence-electron chi connectivity index (χ3n) is 7.95. The normalized spacial score (nSPS) is 11.8. The molecule has 4 heterocycles. The number of aryl methyl sites for hydroxylation is 2. The number of benzene rings is 2. The van der Waals surface area contributed by atoms with Gasteiger partial charge in [0.2, 0.25) is 0 Å². The summed E-state index contributed by atoms with van der Waals surface area (Å²) in [7, 11) is -1.34. The minimum atomic E-state index is -1.34. The molecule has 0 unspecified atom stereocenters. The zero-order valence-corrected chi connectivity index (χ0v) is 32.9. The molecule has 4 aromatic heterocycles. The summed E-state index contributed by atoms with van der Waals surface area (Å²) < 4.78 is 6.23. The Morgan fingerprint density at radius 2 is 1.66 bits per heavy atom. The van der Waals surface area contributed by atoms with Gasteiger partial charge in [-0.15, -0.1) is 54.1 Å². The summed E-state index contributed by atoms with van der Waals surface area (Å²) in [5.74, 6) is 0.667. The summed E-state index contributed by atoms with van der Waals surface area (Å²) in [6.45, 7) is 22.5. The molecule has 6 aromatic rings. The molecule has 2 aromatic carbocycles. The largest absolute Gasteiger partial charge is 0.500 e. The number of rotatable bonds is 6. The second kappa shape index (κ2) is 14.8. The molecule has 0 aliphatic heterocycles. The average molecular weight is 818 g/mol. The number of pyridine rings is 3. The van der Waals surface area contributed by atoms with E-state index in [4.69, 9.17) is 4.42 Å². The standard InChI is InChI=1S/C23H23N2O.C18H24NSi.Ir/c1-14-11-20-21(15(2)25-14)18-8-6-7-17(22(18)26-20)19-12-16(9-10-24-19)13-23(3,4)5;1-14(2)11-16-12-17(15-9-7-6-8-10-15)19-13-18(16)20(3,4)5;/h6,8-12H,13H2,1-5H3;6-9,12-14H,11H2,1-5H3;/q2*-1;. The number of furan rings is 1. The van der Waals surface area contributed by atoms with Crippen molar-refractivity contribution in [2.24, 2.45) is 11.3 Å². The molecule has 247 valence electrons. The Labute approximate surface area is 295 Å². The maximum absolute atomic E-state index is 6.23. The fraction of sp³-hybridized carbons (Fsp3) is 0.341. The van der Waals surface area contributed by atoms with E-state index in [-0.39, 0.29) is 25.5 Å². The van der Waals surface area contributed by atoms with Crippen LogP contribution in [0.5, 0.6) is 0 Å². The van der Waals surface area contributed by atoms with E-state index >= 15 is 0 Å². The molecule has 0 saturated carbocycles. The Morgan fingerprint density at radius 3 is 2.32 bits per heavy atom. The van der Waals surface area contributed by atoms with E-state index in [1.54, 1.807) is 0 Å². The van der Waals surface area contributed by atoms with Crippen molar-refractivity contribution in [3.8, 4) is 22.5 Å². The second-order valence-electron chi connectivity index (χ2n) is 15.1. The van der Waals surface area contributed by atoms with Crippen molar-refractivity contribution in [3.63, 3.8) is 0 Å². The first kappa shape index (κ1) is 36.4. The Morgan fingerprint density at radius 1 is 0.894 bits per heavy atom. The monoisotopic (exact) mass is 818 g/mol. The van der Waals surface area contributed by atoms with E-state index in [9.17, 15) is 0 Å². The van der Waals surface area contributed by atoms with E-state index in [0.717, 1.165) is 68.7 Å². The van der Waals surface area contributed by atoms with Crippen molar-refractivity contribution < 1.29 is 24.5 Å². The van der Waals surface area contributed by atoms with Gasteiger partial charge in [-0.3, -0.25) is 4.98 Å². The van der Waals surface area contributed by atoms with Crippen molar-refractivity contribution in [2.75, 3.05) is 0 Å². The van der Waals surface area contributed by atoms with Crippen molar-refractivity contribution in [2.45, 2.75) is 80.9 Å². The first-order chi connectivity index (χ1) is 21.7. The molecule has 0 N–H and O–H groups in total. The molecule has 0 amide bonds. The maximum atomic E-state index is 6.23. The van der Waals surface area contributed by atoms with Gasteiger partial charge in [0.1, 0.15) is 5.58 Å². The molecule has 47 heavy (non-hydrogen) atoms. The van der Waals surface area contributed by atoms with E-state index in [1.807, 2.05) is 56.4 Å². The summed E-state index contributed by atoms with van der Waals surface area (Å²) in [4.78, 5) is 13.9. The predicted molar refractivity (Wildman–Crippen MR) is 196 cm³/mol. The summed E-state index contributed by atoms with van der Waals surface area (Å²) >= 11 is 0. The minimum Gasteiger partial charge on any atom is -0.500 e. The Kier molecular flexibility index (Phi) is 11.4. The molecule has 1 radical (unpaired) electrons. The maximum Gasteiger partial charge on any atom is 0.124 e. The van der Waals surface area contributed by atoms with Crippen LogP contribution < -0.4 is 5.19 Å². The molecule has 6 heteroatoms. The molecule has 0 aliphatic rings. The third-order valence-corrected chi connectivity index (χ3v) is 10.0. The topological polar surface area (TPSA) is 51.8 Å². The number of aromatic nitrogens is 3. The molecule has 0 atom stereocenters. The van der Waals surface area contributed by atoms with Crippen LogP contribution in [0.15, 0.2) is 77.5 Å². The first-order valence-electron chi connectivity index (χ1n) is 16.3. The average Bonchev–Trinajstić information content (AvgIpc) is 3.35. The molecule has 0 bridgehead atoms. The van der Waals surface area contributed by atoms with Crippen LogP contribution in [0.1, 0.15) is 57.1 Å². The van der Waals surface area contributed by atoms with Gasteiger partial charge >= 0.3 is 0 Å². The minimum absolute atomic E-state index is 0. The molecule has 0 spiro atoms. The smallest absolute Gasteiger partial charge is 0.124 e. The van der Waals surface area contributed by atoms with E-state index in [1.165, 1.54) is 16.3 Å². The Bertz CT molecular complexity index is 1970. The van der Waals surface area contributed by atoms with Crippen LogP contribution in [0.2, 0.25) is 19.6 Å². The van der Waals surface area contributed by atoms with Crippen LogP contribution in [-0.4, -0.2) is 23.0 Å². The summed E-state index contributed by atoms with van der Waals surface area (Å²) in [5.41, 5.74) is 10.6. The summed E-state index contributed by atoms with van der Waals surface area (Å²) in [6, 6.07) is 27.2. The SMILES string of the molecule is CC(C)Cc1cc(-c2[c-]cccc2)ncc1[Si](C)(C)C.Cc1cc2oc3c(-c4cc(CC(C)(C)C)ccn4)[c-]ccc3c2c(C)n1.[Ir]. The van der Waals surface area contributed by atoms with Crippen molar-refractivity contribution in [1.82, 2.24) is 15.0 Å². The van der Waals surface area contributed by atoms with Crippen molar-refractivity contribution in [3.05, 3.63) is 108 Å². The summed E-state index contributed by atoms with van der Waals surface area (Å²) in [5, 5.41) is 3.64. The van der Waals surface area contributed by atoms with Gasteiger partial charge in [-0.2, -0.15) is 0 Å². The molecule has 0 aliphatic carbocycles. The molecule has 0 fully saturated rings. The first-order valence-corrected chi connectivity index (χ1v) is 19.8. The van der Waals surface area contributed by atoms with Gasteiger partial charge in [-0.25, -0.2) is 0 Å². The number of hydrogen-bond acceptors (Lipinski definition) is 4. The zero-order chi connectivity index (χ0) is 33.2. The molecular formula is C41H47IrN3OSi-2. The quantitative estimate of drug-likeness (QED) is 0.124. The third kappa shape index (κ3) is 8.93. The molecule has 0 saturated heterocycles. The van der Waals surface area contributed by atoms with Gasteiger partial charge in [0.05, 0.1) is 13.7 Å². The summed E-state index contributed by atoms with van der Waals surface area (Å²) in [6.07, 6.45) is 6.12. The van der Waals surface area contributed by atoms with Gasteiger partial charge < -0.3 is 14.4 Å². The van der Waals surface area contributed by atoms with Gasteiger partial charge in [-0.05, 0) is 60.7 Å². The fourth-order valence-electron chi connectivity index (χ4n) is 6.10. The van der Waals surface area contributed by atoms with Crippen LogP contribution in [0.25, 0.3) is 44.5 Å².